The maximum Gasteiger partial charge on any atom is 0.304 e. The van der Waals surface area contributed by atoms with E-state index >= 15 is 0 Å². The van der Waals surface area contributed by atoms with Gasteiger partial charge in [0.05, 0.1) is 12.2 Å². The van der Waals surface area contributed by atoms with Gasteiger partial charge in [0.2, 0.25) is 0 Å². The predicted molar refractivity (Wildman–Crippen MR) is 65.8 cm³/mol. The zero-order valence-electron chi connectivity index (χ0n) is 10.3. The van der Waals surface area contributed by atoms with Crippen molar-refractivity contribution in [3.8, 4) is 0 Å². The van der Waals surface area contributed by atoms with Crippen LogP contribution in [0.25, 0.3) is 0 Å². The van der Waals surface area contributed by atoms with Crippen molar-refractivity contribution in [1.29, 1.82) is 0 Å². The first-order valence-electron chi connectivity index (χ1n) is 6.11. The molecule has 1 atom stereocenters. The number of piperidine rings is 1. The Morgan fingerprint density at radius 2 is 2.12 bits per heavy atom. The zero-order chi connectivity index (χ0) is 12.9. The summed E-state index contributed by atoms with van der Waals surface area (Å²) in [5.41, 5.74) is 0. The number of carboxylic acid groups (broad SMARTS) is 1. The van der Waals surface area contributed by atoms with Crippen LogP contribution in [0.5, 0.6) is 0 Å². The molecule has 1 heterocycles. The van der Waals surface area contributed by atoms with Crippen LogP contribution in [0.1, 0.15) is 32.6 Å². The van der Waals surface area contributed by atoms with Gasteiger partial charge >= 0.3 is 5.97 Å². The monoisotopic (exact) mass is 263 g/mol. The molecule has 0 aromatic heterocycles. The highest BCUT2D eigenvalue weighted by molar-refractivity contribution is 7.91. The Kier molecular flexibility index (Phi) is 5.39. The summed E-state index contributed by atoms with van der Waals surface area (Å²) in [6.07, 6.45) is 3.04. The normalized spacial score (nSPS) is 22.5. The second-order valence-corrected chi connectivity index (χ2v) is 6.99. The van der Waals surface area contributed by atoms with E-state index in [1.165, 1.54) is 0 Å². The molecule has 1 unspecified atom stereocenters. The van der Waals surface area contributed by atoms with Crippen LogP contribution in [-0.4, -0.2) is 55.0 Å². The lowest BCUT2D eigenvalue weighted by atomic mass is 9.99. The Balaban J connectivity index is 2.51. The summed E-state index contributed by atoms with van der Waals surface area (Å²) in [6, 6.07) is 0.00769. The molecule has 0 radical (unpaired) electrons. The third-order valence-electron chi connectivity index (χ3n) is 3.29. The third-order valence-corrected chi connectivity index (χ3v) is 4.97. The molecule has 0 aliphatic carbocycles. The van der Waals surface area contributed by atoms with Crippen LogP contribution in [0.15, 0.2) is 0 Å². The van der Waals surface area contributed by atoms with Gasteiger partial charge in [-0.2, -0.15) is 0 Å². The van der Waals surface area contributed by atoms with Crippen LogP contribution >= 0.6 is 0 Å². The molecule has 100 valence electrons. The third kappa shape index (κ3) is 5.04. The minimum Gasteiger partial charge on any atom is -0.481 e. The fraction of sp³-hybridized carbons (Fsp3) is 0.909. The Labute approximate surface area is 103 Å². The van der Waals surface area contributed by atoms with E-state index in [0.29, 0.717) is 6.54 Å². The van der Waals surface area contributed by atoms with Crippen molar-refractivity contribution >= 4 is 15.8 Å². The van der Waals surface area contributed by atoms with Crippen LogP contribution < -0.4 is 0 Å². The van der Waals surface area contributed by atoms with Crippen LogP contribution in [-0.2, 0) is 14.6 Å². The number of rotatable bonds is 6. The number of hydrogen-bond donors (Lipinski definition) is 1. The molecule has 0 amide bonds. The first kappa shape index (κ1) is 14.4. The number of carbonyl (C=O) groups is 1. The minimum atomic E-state index is -2.96. The van der Waals surface area contributed by atoms with Crippen LogP contribution in [0.3, 0.4) is 0 Å². The maximum absolute atomic E-state index is 11.4. The minimum absolute atomic E-state index is 0.00769. The molecular formula is C11H21NO4S. The summed E-state index contributed by atoms with van der Waals surface area (Å²) in [5, 5.41) is 8.81. The molecule has 0 saturated carbocycles. The lowest BCUT2D eigenvalue weighted by Gasteiger charge is -2.34. The highest BCUT2D eigenvalue weighted by atomic mass is 32.2. The molecule has 0 spiro atoms. The van der Waals surface area contributed by atoms with E-state index in [1.807, 2.05) is 4.90 Å². The first-order chi connectivity index (χ1) is 7.94. The Morgan fingerprint density at radius 1 is 1.41 bits per heavy atom. The molecule has 0 aromatic rings. The van der Waals surface area contributed by atoms with Crippen LogP contribution in [0.4, 0.5) is 0 Å². The van der Waals surface area contributed by atoms with E-state index in [9.17, 15) is 13.2 Å². The molecule has 1 rings (SSSR count). The molecule has 1 N–H and O–H groups in total. The van der Waals surface area contributed by atoms with E-state index in [-0.39, 0.29) is 24.0 Å². The first-order valence-corrected chi connectivity index (χ1v) is 7.93. The van der Waals surface area contributed by atoms with E-state index in [0.717, 1.165) is 25.8 Å². The van der Waals surface area contributed by atoms with E-state index in [2.05, 4.69) is 0 Å². The molecular weight excluding hydrogens is 242 g/mol. The van der Waals surface area contributed by atoms with Gasteiger partial charge in [0.15, 0.2) is 9.84 Å². The van der Waals surface area contributed by atoms with Gasteiger partial charge in [0, 0.05) is 18.3 Å². The van der Waals surface area contributed by atoms with Crippen molar-refractivity contribution in [2.24, 2.45) is 0 Å². The van der Waals surface area contributed by atoms with Gasteiger partial charge in [0.25, 0.3) is 0 Å². The highest BCUT2D eigenvalue weighted by Gasteiger charge is 2.25. The van der Waals surface area contributed by atoms with Gasteiger partial charge in [-0.1, -0.05) is 13.3 Å². The molecule has 5 nitrogen and oxygen atoms in total. The van der Waals surface area contributed by atoms with Gasteiger partial charge in [-0.3, -0.25) is 9.69 Å². The van der Waals surface area contributed by atoms with E-state index in [1.54, 1.807) is 6.92 Å². The SMILES string of the molecule is CCS(=O)(=O)CCN1CCCCC1CC(=O)O. The largest absolute Gasteiger partial charge is 0.481 e. The summed E-state index contributed by atoms with van der Waals surface area (Å²) in [4.78, 5) is 12.7. The molecule has 1 aliphatic rings. The molecule has 1 aliphatic heterocycles. The summed E-state index contributed by atoms with van der Waals surface area (Å²) >= 11 is 0. The maximum atomic E-state index is 11.4. The summed E-state index contributed by atoms with van der Waals surface area (Å²) in [7, 11) is -2.96. The van der Waals surface area contributed by atoms with Gasteiger partial charge in [-0.25, -0.2) is 8.42 Å². The topological polar surface area (TPSA) is 74.7 Å². The number of likely N-dealkylation sites (tertiary alicyclic amines) is 1. The lowest BCUT2D eigenvalue weighted by molar-refractivity contribution is -0.138. The van der Waals surface area contributed by atoms with Crippen LogP contribution in [0.2, 0.25) is 0 Å². The highest BCUT2D eigenvalue weighted by Crippen LogP contribution is 2.19. The summed E-state index contributed by atoms with van der Waals surface area (Å²) in [5.74, 6) is -0.510. The average Bonchev–Trinajstić information content (AvgIpc) is 2.27. The second-order valence-electron chi connectivity index (χ2n) is 4.52. The van der Waals surface area contributed by atoms with E-state index in [4.69, 9.17) is 5.11 Å². The molecule has 1 fully saturated rings. The van der Waals surface area contributed by atoms with Crippen molar-refractivity contribution < 1.29 is 18.3 Å². The quantitative estimate of drug-likeness (QED) is 0.765. The molecule has 0 aromatic carbocycles. The fourth-order valence-corrected chi connectivity index (χ4v) is 2.99. The predicted octanol–water partition coefficient (Wildman–Crippen LogP) is 0.750. The zero-order valence-corrected chi connectivity index (χ0v) is 11.1. The van der Waals surface area contributed by atoms with Gasteiger partial charge in [0.1, 0.15) is 0 Å². The fourth-order valence-electron chi connectivity index (χ4n) is 2.19. The van der Waals surface area contributed by atoms with Crippen LogP contribution in [0, 0.1) is 0 Å². The standard InChI is InChI=1S/C11H21NO4S/c1-2-17(15,16)8-7-12-6-4-3-5-10(12)9-11(13)14/h10H,2-9H2,1H3,(H,13,14). The number of nitrogens with zero attached hydrogens (tertiary/aromatic N) is 1. The van der Waals surface area contributed by atoms with E-state index < -0.39 is 15.8 Å². The van der Waals surface area contributed by atoms with Crippen molar-refractivity contribution in [3.05, 3.63) is 0 Å². The Morgan fingerprint density at radius 3 is 2.71 bits per heavy atom. The van der Waals surface area contributed by atoms with Gasteiger partial charge in [-0.05, 0) is 19.4 Å². The van der Waals surface area contributed by atoms with Crippen molar-refractivity contribution in [1.82, 2.24) is 4.90 Å². The number of hydrogen-bond acceptors (Lipinski definition) is 4. The molecule has 17 heavy (non-hydrogen) atoms. The average molecular weight is 263 g/mol. The summed E-state index contributed by atoms with van der Waals surface area (Å²) < 4.78 is 22.9. The Hall–Kier alpha value is -0.620. The smallest absolute Gasteiger partial charge is 0.304 e. The number of carboxylic acids is 1. The number of sulfone groups is 1. The van der Waals surface area contributed by atoms with Crippen molar-refractivity contribution in [2.45, 2.75) is 38.6 Å². The van der Waals surface area contributed by atoms with Gasteiger partial charge in [-0.15, -0.1) is 0 Å². The van der Waals surface area contributed by atoms with Crippen molar-refractivity contribution in [2.75, 3.05) is 24.6 Å². The van der Waals surface area contributed by atoms with Gasteiger partial charge < -0.3 is 5.11 Å². The molecule has 1 saturated heterocycles. The summed E-state index contributed by atoms with van der Waals surface area (Å²) in [6.45, 7) is 2.92. The Bertz CT molecular complexity index is 352. The second kappa shape index (κ2) is 6.35. The van der Waals surface area contributed by atoms with Crippen molar-refractivity contribution in [3.63, 3.8) is 0 Å². The molecule has 6 heteroatoms. The number of aliphatic carboxylic acids is 1. The lowest BCUT2D eigenvalue weighted by Crippen LogP contribution is -2.43. The molecule has 0 bridgehead atoms.